The predicted octanol–water partition coefficient (Wildman–Crippen LogP) is 8.46. The Balaban J connectivity index is 1.44. The van der Waals surface area contributed by atoms with Crippen LogP contribution in [0, 0.1) is 17.5 Å². The summed E-state index contributed by atoms with van der Waals surface area (Å²) in [5.74, 6) is -1.59. The van der Waals surface area contributed by atoms with Crippen LogP contribution in [0.5, 0.6) is 5.75 Å². The molecule has 1 unspecified atom stereocenters. The molecule has 0 saturated heterocycles. The molecule has 0 aliphatic rings. The Bertz CT molecular complexity index is 1330. The van der Waals surface area contributed by atoms with Crippen LogP contribution in [0.3, 0.4) is 0 Å². The maximum atomic E-state index is 14.9. The average Bonchev–Trinajstić information content (AvgIpc) is 2.90. The molecule has 0 radical (unpaired) electrons. The molecular weight excluding hydrogens is 473 g/mol. The fourth-order valence-electron chi connectivity index (χ4n) is 4.45. The standard InChI is InChI=1S/C32H31F3O2/c1-3-5-30(36)24-14-12-23(13-15-24)28-18-16-25(31(34)32(28)35)11-8-21-6-9-22(10-7-21)27-19-17-26(37-4-2)20-29(27)33/h6-7,9-10,12-20,30,36H,3-5,8,11H2,1-2H3. The fraction of sp³-hybridized carbons (Fsp3) is 0.250. The lowest BCUT2D eigenvalue weighted by Gasteiger charge is -2.12. The summed E-state index contributed by atoms with van der Waals surface area (Å²) in [5.41, 5.74) is 3.98. The zero-order valence-electron chi connectivity index (χ0n) is 21.1. The second kappa shape index (κ2) is 12.1. The number of aliphatic hydroxyl groups excluding tert-OH is 1. The number of rotatable bonds is 10. The van der Waals surface area contributed by atoms with Crippen molar-refractivity contribution in [3.05, 3.63) is 113 Å². The Morgan fingerprint density at radius 1 is 0.730 bits per heavy atom. The molecule has 5 heteroatoms. The Kier molecular flexibility index (Phi) is 8.67. The van der Waals surface area contributed by atoms with Crippen molar-refractivity contribution in [3.8, 4) is 28.0 Å². The summed E-state index contributed by atoms with van der Waals surface area (Å²) in [6.07, 6.45) is 1.80. The van der Waals surface area contributed by atoms with Crippen molar-refractivity contribution in [2.24, 2.45) is 0 Å². The summed E-state index contributed by atoms with van der Waals surface area (Å²) in [6.45, 7) is 4.31. The third-order valence-corrected chi connectivity index (χ3v) is 6.53. The smallest absolute Gasteiger partial charge is 0.166 e. The lowest BCUT2D eigenvalue weighted by atomic mass is 9.96. The minimum atomic E-state index is -0.874. The van der Waals surface area contributed by atoms with Crippen LogP contribution in [-0.2, 0) is 12.8 Å². The van der Waals surface area contributed by atoms with E-state index in [0.29, 0.717) is 48.3 Å². The molecule has 2 nitrogen and oxygen atoms in total. The summed E-state index contributed by atoms with van der Waals surface area (Å²) < 4.78 is 49.7. The van der Waals surface area contributed by atoms with Crippen molar-refractivity contribution in [1.29, 1.82) is 0 Å². The van der Waals surface area contributed by atoms with E-state index in [9.17, 15) is 18.3 Å². The molecule has 4 aromatic carbocycles. The van der Waals surface area contributed by atoms with Crippen LogP contribution in [0.4, 0.5) is 13.2 Å². The molecule has 1 N–H and O–H groups in total. The first-order valence-corrected chi connectivity index (χ1v) is 12.7. The van der Waals surface area contributed by atoms with Gasteiger partial charge >= 0.3 is 0 Å². The van der Waals surface area contributed by atoms with E-state index in [0.717, 1.165) is 23.1 Å². The first-order valence-electron chi connectivity index (χ1n) is 12.7. The van der Waals surface area contributed by atoms with Gasteiger partial charge in [-0.1, -0.05) is 74.0 Å². The quantitative estimate of drug-likeness (QED) is 0.235. The highest BCUT2D eigenvalue weighted by Crippen LogP contribution is 2.30. The number of ether oxygens (including phenoxy) is 1. The van der Waals surface area contributed by atoms with Gasteiger partial charge in [0, 0.05) is 17.2 Å². The molecule has 0 aliphatic heterocycles. The Labute approximate surface area is 216 Å². The van der Waals surface area contributed by atoms with E-state index in [4.69, 9.17) is 4.74 Å². The van der Waals surface area contributed by atoms with E-state index in [1.54, 1.807) is 48.5 Å². The summed E-state index contributed by atoms with van der Waals surface area (Å²) in [6, 6.07) is 22.4. The molecule has 4 rings (SSSR count). The van der Waals surface area contributed by atoms with Crippen LogP contribution >= 0.6 is 0 Å². The van der Waals surface area contributed by atoms with Gasteiger partial charge in [0.15, 0.2) is 11.6 Å². The summed E-state index contributed by atoms with van der Waals surface area (Å²) in [5, 5.41) is 10.1. The van der Waals surface area contributed by atoms with Crippen LogP contribution in [0.2, 0.25) is 0 Å². The van der Waals surface area contributed by atoms with Crippen LogP contribution in [0.15, 0.2) is 78.9 Å². The van der Waals surface area contributed by atoms with Gasteiger partial charge in [-0.05, 0) is 66.1 Å². The highest BCUT2D eigenvalue weighted by Gasteiger charge is 2.16. The molecule has 37 heavy (non-hydrogen) atoms. The van der Waals surface area contributed by atoms with Crippen LogP contribution in [0.25, 0.3) is 22.3 Å². The third-order valence-electron chi connectivity index (χ3n) is 6.53. The highest BCUT2D eigenvalue weighted by atomic mass is 19.2. The van der Waals surface area contributed by atoms with Crippen molar-refractivity contribution in [2.75, 3.05) is 6.61 Å². The van der Waals surface area contributed by atoms with Gasteiger partial charge in [-0.2, -0.15) is 0 Å². The molecule has 0 fully saturated rings. The topological polar surface area (TPSA) is 29.5 Å². The van der Waals surface area contributed by atoms with Gasteiger partial charge in [0.1, 0.15) is 11.6 Å². The van der Waals surface area contributed by atoms with E-state index < -0.39 is 17.7 Å². The van der Waals surface area contributed by atoms with E-state index in [1.165, 1.54) is 6.07 Å². The first kappa shape index (κ1) is 26.5. The van der Waals surface area contributed by atoms with E-state index in [2.05, 4.69) is 0 Å². The van der Waals surface area contributed by atoms with E-state index >= 15 is 0 Å². The maximum Gasteiger partial charge on any atom is 0.166 e. The van der Waals surface area contributed by atoms with Crippen LogP contribution < -0.4 is 4.74 Å². The van der Waals surface area contributed by atoms with Crippen LogP contribution in [-0.4, -0.2) is 11.7 Å². The molecule has 0 amide bonds. The normalized spacial score (nSPS) is 11.9. The van der Waals surface area contributed by atoms with E-state index in [1.807, 2.05) is 38.1 Å². The van der Waals surface area contributed by atoms with Gasteiger partial charge in [0.25, 0.3) is 0 Å². The van der Waals surface area contributed by atoms with Gasteiger partial charge in [0.2, 0.25) is 0 Å². The Morgan fingerprint density at radius 2 is 1.38 bits per heavy atom. The molecule has 0 spiro atoms. The number of aryl methyl sites for hydroxylation is 2. The summed E-state index contributed by atoms with van der Waals surface area (Å²) >= 11 is 0. The van der Waals surface area contributed by atoms with Gasteiger partial charge in [-0.3, -0.25) is 0 Å². The molecule has 0 bridgehead atoms. The predicted molar refractivity (Wildman–Crippen MR) is 142 cm³/mol. The Hall–Kier alpha value is -3.57. The third kappa shape index (κ3) is 6.23. The molecule has 4 aromatic rings. The van der Waals surface area contributed by atoms with Crippen molar-refractivity contribution >= 4 is 0 Å². The van der Waals surface area contributed by atoms with Crippen molar-refractivity contribution in [2.45, 2.75) is 45.6 Å². The first-order chi connectivity index (χ1) is 17.9. The molecule has 1 atom stereocenters. The second-order valence-electron chi connectivity index (χ2n) is 9.10. The number of hydrogen-bond acceptors (Lipinski definition) is 2. The molecule has 0 saturated carbocycles. The minimum absolute atomic E-state index is 0.194. The monoisotopic (exact) mass is 504 g/mol. The SMILES string of the molecule is CCCC(O)c1ccc(-c2ccc(CCc3ccc(-c4ccc(OCC)cc4F)cc3)c(F)c2F)cc1. The molecular formula is C32H31F3O2. The molecule has 0 aromatic heterocycles. The lowest BCUT2D eigenvalue weighted by molar-refractivity contribution is 0.166. The molecule has 0 heterocycles. The average molecular weight is 505 g/mol. The molecule has 0 aliphatic carbocycles. The van der Waals surface area contributed by atoms with Crippen molar-refractivity contribution in [3.63, 3.8) is 0 Å². The van der Waals surface area contributed by atoms with Crippen molar-refractivity contribution in [1.82, 2.24) is 0 Å². The lowest BCUT2D eigenvalue weighted by Crippen LogP contribution is -2.00. The fourth-order valence-corrected chi connectivity index (χ4v) is 4.45. The zero-order chi connectivity index (χ0) is 26.4. The van der Waals surface area contributed by atoms with Gasteiger partial charge in [-0.15, -0.1) is 0 Å². The van der Waals surface area contributed by atoms with Gasteiger partial charge in [-0.25, -0.2) is 13.2 Å². The largest absolute Gasteiger partial charge is 0.494 e. The summed E-state index contributed by atoms with van der Waals surface area (Å²) in [7, 11) is 0. The van der Waals surface area contributed by atoms with Crippen molar-refractivity contribution < 1.29 is 23.0 Å². The van der Waals surface area contributed by atoms with Gasteiger partial charge < -0.3 is 9.84 Å². The maximum absolute atomic E-state index is 14.9. The highest BCUT2D eigenvalue weighted by molar-refractivity contribution is 5.66. The van der Waals surface area contributed by atoms with E-state index in [-0.39, 0.29) is 11.4 Å². The number of halogens is 3. The number of hydrogen-bond donors (Lipinski definition) is 1. The minimum Gasteiger partial charge on any atom is -0.494 e. The van der Waals surface area contributed by atoms with Gasteiger partial charge in [0.05, 0.1) is 12.7 Å². The number of aliphatic hydroxyl groups is 1. The van der Waals surface area contributed by atoms with Crippen LogP contribution in [0.1, 0.15) is 49.5 Å². The Morgan fingerprint density at radius 3 is 2.03 bits per heavy atom. The second-order valence-corrected chi connectivity index (χ2v) is 9.10. The zero-order valence-corrected chi connectivity index (χ0v) is 21.1. The number of benzene rings is 4. The summed E-state index contributed by atoms with van der Waals surface area (Å²) in [4.78, 5) is 0. The molecule has 192 valence electrons.